The first-order chi connectivity index (χ1) is 24.3. The molecule has 8 aromatic rings. The lowest BCUT2D eigenvalue weighted by Gasteiger charge is -2.24. The van der Waals surface area contributed by atoms with Crippen molar-refractivity contribution in [3.05, 3.63) is 193 Å². The minimum atomic E-state index is -0.314. The summed E-state index contributed by atoms with van der Waals surface area (Å²) in [6, 6.07) is 61.0. The number of hydrogen-bond acceptors (Lipinski definition) is 4. The summed E-state index contributed by atoms with van der Waals surface area (Å²) in [4.78, 5) is 10.3. The zero-order valence-corrected chi connectivity index (χ0v) is 26.6. The van der Waals surface area contributed by atoms with Crippen LogP contribution in [-0.2, 0) is 0 Å². The molecule has 2 heterocycles. The van der Waals surface area contributed by atoms with Gasteiger partial charge in [-0.1, -0.05) is 158 Å². The summed E-state index contributed by atoms with van der Waals surface area (Å²) in [6.07, 6.45) is -0.314. The van der Waals surface area contributed by atoms with Crippen LogP contribution in [0.25, 0.3) is 55.3 Å². The molecule has 49 heavy (non-hydrogen) atoms. The molecule has 0 bridgehead atoms. The van der Waals surface area contributed by atoms with Gasteiger partial charge in [0.05, 0.1) is 0 Å². The smallest absolute Gasteiger partial charge is 0.159 e. The lowest BCUT2D eigenvalue weighted by molar-refractivity contribution is 0.668. The fourth-order valence-electron chi connectivity index (χ4n) is 6.72. The summed E-state index contributed by atoms with van der Waals surface area (Å²) in [5, 5.41) is 5.75. The fraction of sp³-hybridized carbons (Fsp3) is 0.0222. The summed E-state index contributed by atoms with van der Waals surface area (Å²) in [6.45, 7) is 0. The lowest BCUT2D eigenvalue weighted by Crippen LogP contribution is -2.33. The molecule has 0 spiro atoms. The molecule has 1 aromatic heterocycles. The SMILES string of the molecule is c1ccc(-c2ccc(C3=NC(c4ccccc4)NC(c4cccc5oc6c(-c7ccccc7)cc(-c7ccccc7)cc6c45)=N3)cc2)cc1. The Kier molecular flexibility index (Phi) is 7.17. The van der Waals surface area contributed by atoms with Crippen LogP contribution in [0.3, 0.4) is 0 Å². The Morgan fingerprint density at radius 1 is 0.469 bits per heavy atom. The van der Waals surface area contributed by atoms with Crippen LogP contribution in [-0.4, -0.2) is 11.7 Å². The first-order valence-electron chi connectivity index (χ1n) is 16.5. The van der Waals surface area contributed by atoms with E-state index in [0.29, 0.717) is 5.84 Å². The Labute approximate surface area is 284 Å². The Balaban J connectivity index is 1.23. The molecular formula is C45H31N3O. The van der Waals surface area contributed by atoms with Crippen LogP contribution >= 0.6 is 0 Å². The van der Waals surface area contributed by atoms with Crippen LogP contribution in [0.4, 0.5) is 0 Å². The molecule has 0 amide bonds. The molecule has 0 saturated heterocycles. The summed E-state index contributed by atoms with van der Waals surface area (Å²) in [5.41, 5.74) is 11.4. The van der Waals surface area contributed by atoms with E-state index in [9.17, 15) is 0 Å². The monoisotopic (exact) mass is 629 g/mol. The minimum Gasteiger partial charge on any atom is -0.455 e. The van der Waals surface area contributed by atoms with Gasteiger partial charge >= 0.3 is 0 Å². The van der Waals surface area contributed by atoms with Crippen LogP contribution in [0.1, 0.15) is 22.9 Å². The average Bonchev–Trinajstić information content (AvgIpc) is 3.58. The molecule has 4 heteroatoms. The summed E-state index contributed by atoms with van der Waals surface area (Å²) in [5.74, 6) is 1.44. The number of fused-ring (bicyclic) bond motifs is 3. The molecule has 1 N–H and O–H groups in total. The van der Waals surface area contributed by atoms with E-state index in [0.717, 1.165) is 72.3 Å². The van der Waals surface area contributed by atoms with Gasteiger partial charge in [0.2, 0.25) is 0 Å². The molecule has 1 aliphatic rings. The van der Waals surface area contributed by atoms with Gasteiger partial charge in [-0.25, -0.2) is 9.98 Å². The molecule has 1 atom stereocenters. The average molecular weight is 630 g/mol. The van der Waals surface area contributed by atoms with Crippen LogP contribution in [0.5, 0.6) is 0 Å². The van der Waals surface area contributed by atoms with Gasteiger partial charge in [0.15, 0.2) is 5.84 Å². The minimum absolute atomic E-state index is 0.314. The number of rotatable bonds is 6. The predicted molar refractivity (Wildman–Crippen MR) is 202 cm³/mol. The molecule has 1 aliphatic heterocycles. The molecule has 4 nitrogen and oxygen atoms in total. The summed E-state index contributed by atoms with van der Waals surface area (Å²) >= 11 is 0. The third-order valence-electron chi connectivity index (χ3n) is 9.15. The summed E-state index contributed by atoms with van der Waals surface area (Å²) < 4.78 is 6.73. The van der Waals surface area contributed by atoms with Crippen molar-refractivity contribution in [3.8, 4) is 33.4 Å². The van der Waals surface area contributed by atoms with E-state index in [1.165, 1.54) is 5.56 Å². The molecule has 0 saturated carbocycles. The van der Waals surface area contributed by atoms with Crippen molar-refractivity contribution in [2.45, 2.75) is 6.17 Å². The van der Waals surface area contributed by atoms with Crippen LogP contribution < -0.4 is 5.32 Å². The van der Waals surface area contributed by atoms with Crippen molar-refractivity contribution in [2.24, 2.45) is 9.98 Å². The number of hydrogen-bond donors (Lipinski definition) is 1. The molecule has 9 rings (SSSR count). The maximum Gasteiger partial charge on any atom is 0.159 e. The third kappa shape index (κ3) is 5.39. The number of amidine groups is 2. The Morgan fingerprint density at radius 2 is 1.04 bits per heavy atom. The van der Waals surface area contributed by atoms with E-state index in [2.05, 4.69) is 139 Å². The van der Waals surface area contributed by atoms with E-state index in [4.69, 9.17) is 14.4 Å². The lowest BCUT2D eigenvalue weighted by atomic mass is 9.94. The van der Waals surface area contributed by atoms with E-state index in [-0.39, 0.29) is 6.17 Å². The standard InChI is InChI=1S/C45H31N3O/c1-5-14-30(15-6-1)32-24-26-35(27-25-32)44-46-43(34-20-11-4-12-21-34)47-45(48-44)37-22-13-23-40-41(37)39-29-36(31-16-7-2-8-17-31)28-38(42(39)49-40)33-18-9-3-10-19-33/h1-29,43H,(H,46,47,48). The van der Waals surface area contributed by atoms with Crippen molar-refractivity contribution in [2.75, 3.05) is 0 Å². The second kappa shape index (κ2) is 12.3. The van der Waals surface area contributed by atoms with E-state index >= 15 is 0 Å². The van der Waals surface area contributed by atoms with Crippen LogP contribution in [0, 0.1) is 0 Å². The first-order valence-corrected chi connectivity index (χ1v) is 16.5. The number of aliphatic imine (C=N–C) groups is 2. The number of nitrogens with one attached hydrogen (secondary N) is 1. The number of furan rings is 1. The zero-order chi connectivity index (χ0) is 32.6. The highest BCUT2D eigenvalue weighted by Gasteiger charge is 2.25. The van der Waals surface area contributed by atoms with Crippen molar-refractivity contribution in [1.29, 1.82) is 0 Å². The van der Waals surface area contributed by atoms with Gasteiger partial charge in [0, 0.05) is 27.5 Å². The normalized spacial score (nSPS) is 14.3. The summed E-state index contributed by atoms with van der Waals surface area (Å²) in [7, 11) is 0. The number of benzene rings is 7. The first kappa shape index (κ1) is 28.7. The third-order valence-corrected chi connectivity index (χ3v) is 9.15. The van der Waals surface area contributed by atoms with Gasteiger partial charge in [-0.05, 0) is 51.6 Å². The Morgan fingerprint density at radius 3 is 1.71 bits per heavy atom. The molecule has 0 aliphatic carbocycles. The molecule has 7 aromatic carbocycles. The van der Waals surface area contributed by atoms with Gasteiger partial charge in [-0.2, -0.15) is 0 Å². The largest absolute Gasteiger partial charge is 0.455 e. The quantitative estimate of drug-likeness (QED) is 0.199. The highest BCUT2D eigenvalue weighted by atomic mass is 16.3. The van der Waals surface area contributed by atoms with E-state index in [1.807, 2.05) is 42.5 Å². The maximum atomic E-state index is 6.73. The second-order valence-corrected chi connectivity index (χ2v) is 12.2. The molecule has 0 fully saturated rings. The van der Waals surface area contributed by atoms with E-state index < -0.39 is 0 Å². The van der Waals surface area contributed by atoms with Crippen LogP contribution in [0.15, 0.2) is 190 Å². The van der Waals surface area contributed by atoms with Gasteiger partial charge in [-0.3, -0.25) is 0 Å². The maximum absolute atomic E-state index is 6.73. The van der Waals surface area contributed by atoms with Crippen molar-refractivity contribution < 1.29 is 4.42 Å². The van der Waals surface area contributed by atoms with Crippen LogP contribution in [0.2, 0.25) is 0 Å². The van der Waals surface area contributed by atoms with Crippen molar-refractivity contribution in [3.63, 3.8) is 0 Å². The fourth-order valence-corrected chi connectivity index (χ4v) is 6.72. The predicted octanol–water partition coefficient (Wildman–Crippen LogP) is 11.1. The molecule has 0 radical (unpaired) electrons. The van der Waals surface area contributed by atoms with Gasteiger partial charge in [0.25, 0.3) is 0 Å². The molecule has 1 unspecified atom stereocenters. The Bertz CT molecular complexity index is 2480. The molecule has 232 valence electrons. The van der Waals surface area contributed by atoms with Gasteiger partial charge < -0.3 is 9.73 Å². The zero-order valence-electron chi connectivity index (χ0n) is 26.6. The number of nitrogens with zero attached hydrogens (tertiary/aromatic N) is 2. The highest BCUT2D eigenvalue weighted by Crippen LogP contribution is 2.41. The van der Waals surface area contributed by atoms with Crippen molar-refractivity contribution in [1.82, 2.24) is 5.32 Å². The second-order valence-electron chi connectivity index (χ2n) is 12.2. The highest BCUT2D eigenvalue weighted by molar-refractivity contribution is 6.23. The van der Waals surface area contributed by atoms with Gasteiger partial charge in [0.1, 0.15) is 23.2 Å². The topological polar surface area (TPSA) is 49.9 Å². The van der Waals surface area contributed by atoms with E-state index in [1.54, 1.807) is 0 Å². The molecular weight excluding hydrogens is 599 g/mol. The Hall–Kier alpha value is -6.52. The van der Waals surface area contributed by atoms with Gasteiger partial charge in [-0.15, -0.1) is 0 Å². The van der Waals surface area contributed by atoms with Crippen molar-refractivity contribution >= 4 is 33.6 Å².